The molecule has 0 N–H and O–H groups in total. The topological polar surface area (TPSA) is 36.7 Å². The molecule has 0 unspecified atom stereocenters. The molecule has 0 bridgehead atoms. The summed E-state index contributed by atoms with van der Waals surface area (Å²) in [5, 5.41) is 9.54. The van der Waals surface area contributed by atoms with Gasteiger partial charge in [0, 0.05) is 6.20 Å². The Kier molecular flexibility index (Phi) is 1.97. The second-order valence-corrected chi connectivity index (χ2v) is 3.80. The normalized spacial score (nSPS) is 18.8. The Hall–Kier alpha value is -1.07. The number of hydrogen-bond acceptors (Lipinski definition) is 2. The van der Waals surface area contributed by atoms with E-state index in [-0.39, 0.29) is 5.41 Å². The number of rotatable bonds is 1. The molecule has 0 amide bonds. The lowest BCUT2D eigenvalue weighted by Gasteiger charge is -2.35. The minimum Gasteiger partial charge on any atom is -0.245 e. The van der Waals surface area contributed by atoms with E-state index in [1.807, 2.05) is 6.07 Å². The average molecular weight is 193 g/mol. The van der Waals surface area contributed by atoms with E-state index in [9.17, 15) is 0 Å². The van der Waals surface area contributed by atoms with Crippen LogP contribution in [0.1, 0.15) is 24.8 Å². The summed E-state index contributed by atoms with van der Waals surface area (Å²) in [5.74, 6) is 0. The first-order valence-corrected chi connectivity index (χ1v) is 4.68. The average Bonchev–Trinajstić information content (AvgIpc) is 2.03. The fourth-order valence-electron chi connectivity index (χ4n) is 1.70. The van der Waals surface area contributed by atoms with Crippen molar-refractivity contribution in [1.29, 1.82) is 5.26 Å². The predicted molar refractivity (Wildman–Crippen MR) is 50.4 cm³/mol. The van der Waals surface area contributed by atoms with Crippen molar-refractivity contribution in [3.63, 3.8) is 0 Å². The number of aromatic nitrogens is 1. The third kappa shape index (κ3) is 1.30. The van der Waals surface area contributed by atoms with Crippen LogP contribution in [0.3, 0.4) is 0 Å². The molecular formula is C10H9ClN2. The Morgan fingerprint density at radius 3 is 2.77 bits per heavy atom. The fourth-order valence-corrected chi connectivity index (χ4v) is 1.87. The quantitative estimate of drug-likeness (QED) is 0.642. The predicted octanol–water partition coefficient (Wildman–Crippen LogP) is 2.68. The smallest absolute Gasteiger partial charge is 0.129 e. The van der Waals surface area contributed by atoms with Gasteiger partial charge in [-0.1, -0.05) is 11.6 Å². The summed E-state index contributed by atoms with van der Waals surface area (Å²) in [7, 11) is 0. The maximum absolute atomic E-state index is 9.07. The summed E-state index contributed by atoms with van der Waals surface area (Å²) in [6, 6.07) is 6.05. The fraction of sp³-hybridized carbons (Fsp3) is 0.400. The largest absolute Gasteiger partial charge is 0.245 e. The lowest BCUT2D eigenvalue weighted by atomic mass is 9.66. The van der Waals surface area contributed by atoms with Gasteiger partial charge in [0.15, 0.2) is 0 Å². The van der Waals surface area contributed by atoms with Crippen molar-refractivity contribution >= 4 is 11.6 Å². The van der Waals surface area contributed by atoms with E-state index in [4.69, 9.17) is 16.9 Å². The van der Waals surface area contributed by atoms with Crippen LogP contribution in [0.15, 0.2) is 18.3 Å². The van der Waals surface area contributed by atoms with Gasteiger partial charge in [-0.2, -0.15) is 5.26 Å². The highest BCUT2D eigenvalue weighted by Gasteiger charge is 2.38. The van der Waals surface area contributed by atoms with Crippen LogP contribution in [0, 0.1) is 11.3 Å². The third-order valence-electron chi connectivity index (χ3n) is 2.70. The van der Waals surface area contributed by atoms with Gasteiger partial charge in [-0.15, -0.1) is 0 Å². The van der Waals surface area contributed by atoms with Crippen molar-refractivity contribution < 1.29 is 0 Å². The maximum atomic E-state index is 9.07. The van der Waals surface area contributed by atoms with Crippen molar-refractivity contribution in [2.45, 2.75) is 24.7 Å². The molecule has 0 spiro atoms. The van der Waals surface area contributed by atoms with Gasteiger partial charge >= 0.3 is 0 Å². The van der Waals surface area contributed by atoms with Gasteiger partial charge in [0.25, 0.3) is 0 Å². The maximum Gasteiger partial charge on any atom is 0.129 e. The van der Waals surface area contributed by atoms with E-state index < -0.39 is 0 Å². The second-order valence-electron chi connectivity index (χ2n) is 3.41. The van der Waals surface area contributed by atoms with E-state index in [0.29, 0.717) is 5.15 Å². The molecule has 13 heavy (non-hydrogen) atoms. The van der Waals surface area contributed by atoms with Crippen LogP contribution in [-0.2, 0) is 5.41 Å². The zero-order valence-corrected chi connectivity index (χ0v) is 7.88. The van der Waals surface area contributed by atoms with Gasteiger partial charge in [-0.25, -0.2) is 4.98 Å². The van der Waals surface area contributed by atoms with Crippen LogP contribution in [-0.4, -0.2) is 4.98 Å². The number of pyridine rings is 1. The summed E-state index contributed by atoms with van der Waals surface area (Å²) < 4.78 is 0. The van der Waals surface area contributed by atoms with Crippen molar-refractivity contribution in [3.05, 3.63) is 29.0 Å². The molecule has 2 nitrogen and oxygen atoms in total. The standard InChI is InChI=1S/C10H9ClN2/c11-9-6-8(2-5-13-9)10(7-12)3-1-4-10/h2,5-6H,1,3-4H2. The third-order valence-corrected chi connectivity index (χ3v) is 2.91. The van der Waals surface area contributed by atoms with E-state index in [2.05, 4.69) is 11.1 Å². The van der Waals surface area contributed by atoms with E-state index in [1.165, 1.54) is 0 Å². The highest BCUT2D eigenvalue weighted by molar-refractivity contribution is 6.29. The lowest BCUT2D eigenvalue weighted by Crippen LogP contribution is -2.32. The number of halogens is 1. The summed E-state index contributed by atoms with van der Waals surface area (Å²) in [5.41, 5.74) is 0.744. The SMILES string of the molecule is N#CC1(c2ccnc(Cl)c2)CCC1. The van der Waals surface area contributed by atoms with Gasteiger partial charge < -0.3 is 0 Å². The van der Waals surface area contributed by atoms with E-state index in [0.717, 1.165) is 24.8 Å². The summed E-state index contributed by atoms with van der Waals surface area (Å²) >= 11 is 5.77. The zero-order valence-electron chi connectivity index (χ0n) is 7.13. The lowest BCUT2D eigenvalue weighted by molar-refractivity contribution is 0.324. The molecule has 3 heteroatoms. The van der Waals surface area contributed by atoms with Crippen molar-refractivity contribution in [3.8, 4) is 6.07 Å². The molecule has 1 aromatic heterocycles. The highest BCUT2D eigenvalue weighted by atomic mass is 35.5. The first kappa shape index (κ1) is 8.52. The van der Waals surface area contributed by atoms with Gasteiger partial charge in [0.2, 0.25) is 0 Å². The van der Waals surface area contributed by atoms with E-state index >= 15 is 0 Å². The molecule has 66 valence electrons. The molecular weight excluding hydrogens is 184 g/mol. The molecule has 0 aliphatic heterocycles. The monoisotopic (exact) mass is 192 g/mol. The van der Waals surface area contributed by atoms with Crippen molar-refractivity contribution in [2.24, 2.45) is 0 Å². The summed E-state index contributed by atoms with van der Waals surface area (Å²) in [4.78, 5) is 3.90. The molecule has 1 aliphatic rings. The summed E-state index contributed by atoms with van der Waals surface area (Å²) in [6.07, 6.45) is 4.69. The first-order chi connectivity index (χ1) is 6.27. The Morgan fingerprint density at radius 1 is 1.54 bits per heavy atom. The molecule has 2 rings (SSSR count). The second kappa shape index (κ2) is 3.01. The molecule has 1 heterocycles. The van der Waals surface area contributed by atoms with Crippen LogP contribution in [0.2, 0.25) is 5.15 Å². The summed E-state index contributed by atoms with van der Waals surface area (Å²) in [6.45, 7) is 0. The Morgan fingerprint density at radius 2 is 2.31 bits per heavy atom. The first-order valence-electron chi connectivity index (χ1n) is 4.30. The number of hydrogen-bond donors (Lipinski definition) is 0. The van der Waals surface area contributed by atoms with Gasteiger partial charge in [-0.05, 0) is 37.0 Å². The van der Waals surface area contributed by atoms with Gasteiger partial charge in [0.05, 0.1) is 11.5 Å². The minimum atomic E-state index is -0.271. The van der Waals surface area contributed by atoms with Gasteiger partial charge in [0.1, 0.15) is 5.15 Å². The molecule has 1 aromatic rings. The Bertz CT molecular complexity index is 363. The van der Waals surface area contributed by atoms with E-state index in [1.54, 1.807) is 12.3 Å². The van der Waals surface area contributed by atoms with Crippen molar-refractivity contribution in [2.75, 3.05) is 0 Å². The molecule has 1 fully saturated rings. The Balaban J connectivity index is 2.40. The molecule has 0 atom stereocenters. The number of nitrogens with zero attached hydrogens (tertiary/aromatic N) is 2. The number of nitriles is 1. The van der Waals surface area contributed by atoms with Crippen LogP contribution >= 0.6 is 11.6 Å². The van der Waals surface area contributed by atoms with Crippen LogP contribution < -0.4 is 0 Å². The van der Waals surface area contributed by atoms with Gasteiger partial charge in [-0.3, -0.25) is 0 Å². The molecule has 1 aliphatic carbocycles. The molecule has 1 saturated carbocycles. The molecule has 0 saturated heterocycles. The van der Waals surface area contributed by atoms with Crippen LogP contribution in [0.25, 0.3) is 0 Å². The highest BCUT2D eigenvalue weighted by Crippen LogP contribution is 2.43. The molecule has 0 aromatic carbocycles. The minimum absolute atomic E-state index is 0.271. The van der Waals surface area contributed by atoms with Crippen molar-refractivity contribution in [1.82, 2.24) is 4.98 Å². The Labute approximate surface area is 82.2 Å². The van der Waals surface area contributed by atoms with Crippen LogP contribution in [0.4, 0.5) is 0 Å². The van der Waals surface area contributed by atoms with Crippen LogP contribution in [0.5, 0.6) is 0 Å². The molecule has 0 radical (unpaired) electrons. The zero-order chi connectivity index (χ0) is 9.31.